The Kier molecular flexibility index (Phi) is 1.39. The van der Waals surface area contributed by atoms with Crippen molar-refractivity contribution < 1.29 is 0 Å². The average molecular weight is 105 g/mol. The summed E-state index contributed by atoms with van der Waals surface area (Å²) in [5.74, 6) is 5.67. The van der Waals surface area contributed by atoms with Gasteiger partial charge in [-0.05, 0) is 25.0 Å². The molecule has 0 saturated heterocycles. The number of hydrogen-bond acceptors (Lipinski definition) is 0. The first-order valence-corrected chi connectivity index (χ1v) is 2.49. The van der Waals surface area contributed by atoms with Crippen LogP contribution in [0.1, 0.15) is 12.6 Å². The molecule has 0 aliphatic rings. The summed E-state index contributed by atoms with van der Waals surface area (Å²) in [5, 5.41) is 0. The number of aromatic nitrogens is 1. The molecule has 1 heteroatoms. The maximum absolute atomic E-state index is 2.96. The van der Waals surface area contributed by atoms with Crippen LogP contribution in [-0.4, -0.2) is 4.98 Å². The van der Waals surface area contributed by atoms with Crippen molar-refractivity contribution in [2.45, 2.75) is 6.92 Å². The molecule has 8 heavy (non-hydrogen) atoms. The van der Waals surface area contributed by atoms with Gasteiger partial charge in [0, 0.05) is 6.20 Å². The molecule has 0 saturated carbocycles. The Labute approximate surface area is 48.7 Å². The third-order valence-electron chi connectivity index (χ3n) is 0.858. The Morgan fingerprint density at radius 2 is 2.50 bits per heavy atom. The second kappa shape index (κ2) is 2.23. The van der Waals surface area contributed by atoms with Crippen LogP contribution in [0.15, 0.2) is 18.3 Å². The first kappa shape index (κ1) is 4.99. The van der Waals surface area contributed by atoms with E-state index in [0.717, 1.165) is 5.69 Å². The van der Waals surface area contributed by atoms with Crippen molar-refractivity contribution in [3.63, 3.8) is 0 Å². The lowest BCUT2D eigenvalue weighted by Crippen LogP contribution is -1.66. The summed E-state index contributed by atoms with van der Waals surface area (Å²) in [5.41, 5.74) is 0.979. The van der Waals surface area contributed by atoms with Gasteiger partial charge in [-0.15, -0.1) is 0 Å². The summed E-state index contributed by atoms with van der Waals surface area (Å²) < 4.78 is 0. The number of H-pyrrole nitrogens is 1. The van der Waals surface area contributed by atoms with Gasteiger partial charge >= 0.3 is 0 Å². The molecule has 40 valence electrons. The van der Waals surface area contributed by atoms with E-state index in [4.69, 9.17) is 0 Å². The van der Waals surface area contributed by atoms with Crippen molar-refractivity contribution in [2.75, 3.05) is 0 Å². The standard InChI is InChI=1S/C7H7N/c1-2-4-7-5-3-6-8-7/h3,5-6,8H,1H3. The van der Waals surface area contributed by atoms with Gasteiger partial charge in [0.05, 0.1) is 5.69 Å². The van der Waals surface area contributed by atoms with Gasteiger partial charge in [-0.2, -0.15) is 0 Å². The summed E-state index contributed by atoms with van der Waals surface area (Å²) in [6.45, 7) is 1.82. The van der Waals surface area contributed by atoms with E-state index in [1.807, 2.05) is 25.3 Å². The summed E-state index contributed by atoms with van der Waals surface area (Å²) in [6.07, 6.45) is 1.86. The second-order valence-corrected chi connectivity index (χ2v) is 1.46. The van der Waals surface area contributed by atoms with E-state index in [0.29, 0.717) is 0 Å². The summed E-state index contributed by atoms with van der Waals surface area (Å²) in [7, 11) is 0. The highest BCUT2D eigenvalue weighted by Gasteiger charge is 1.78. The summed E-state index contributed by atoms with van der Waals surface area (Å²) in [4.78, 5) is 2.96. The number of nitrogens with one attached hydrogen (secondary N) is 1. The highest BCUT2D eigenvalue weighted by molar-refractivity contribution is 5.26. The molecule has 0 aliphatic heterocycles. The summed E-state index contributed by atoms with van der Waals surface area (Å²) >= 11 is 0. The van der Waals surface area contributed by atoms with Gasteiger partial charge in [0.2, 0.25) is 0 Å². The third-order valence-corrected chi connectivity index (χ3v) is 0.858. The Morgan fingerprint density at radius 3 is 3.00 bits per heavy atom. The maximum atomic E-state index is 2.96. The molecule has 1 rings (SSSR count). The molecule has 1 aromatic heterocycles. The van der Waals surface area contributed by atoms with Gasteiger partial charge in [0.25, 0.3) is 0 Å². The molecule has 0 fully saturated rings. The first-order chi connectivity index (χ1) is 3.93. The van der Waals surface area contributed by atoms with Crippen LogP contribution in [-0.2, 0) is 0 Å². The van der Waals surface area contributed by atoms with Crippen molar-refractivity contribution in [3.05, 3.63) is 24.0 Å². The Morgan fingerprint density at radius 1 is 1.62 bits per heavy atom. The molecule has 0 unspecified atom stereocenters. The molecule has 0 atom stereocenters. The van der Waals surface area contributed by atoms with Crippen LogP contribution in [0.25, 0.3) is 0 Å². The minimum atomic E-state index is 0.979. The largest absolute Gasteiger partial charge is 0.355 e. The van der Waals surface area contributed by atoms with Crippen molar-refractivity contribution in [1.82, 2.24) is 4.98 Å². The molecule has 0 radical (unpaired) electrons. The lowest BCUT2D eigenvalue weighted by molar-refractivity contribution is 1.37. The van der Waals surface area contributed by atoms with Crippen molar-refractivity contribution in [3.8, 4) is 11.8 Å². The zero-order valence-electron chi connectivity index (χ0n) is 4.73. The highest BCUT2D eigenvalue weighted by atomic mass is 14.7. The molecular weight excluding hydrogens is 98.1 g/mol. The van der Waals surface area contributed by atoms with Crippen LogP contribution >= 0.6 is 0 Å². The maximum Gasteiger partial charge on any atom is 0.0893 e. The monoisotopic (exact) mass is 105 g/mol. The topological polar surface area (TPSA) is 15.8 Å². The van der Waals surface area contributed by atoms with Gasteiger partial charge in [-0.1, -0.05) is 5.92 Å². The molecule has 1 aromatic rings. The number of hydrogen-bond donors (Lipinski definition) is 1. The molecule has 0 bridgehead atoms. The second-order valence-electron chi connectivity index (χ2n) is 1.46. The van der Waals surface area contributed by atoms with E-state index < -0.39 is 0 Å². The van der Waals surface area contributed by atoms with Gasteiger partial charge in [0.15, 0.2) is 0 Å². The van der Waals surface area contributed by atoms with Crippen LogP contribution in [0.4, 0.5) is 0 Å². The molecule has 1 nitrogen and oxygen atoms in total. The molecule has 0 aromatic carbocycles. The fourth-order valence-electron chi connectivity index (χ4n) is 0.543. The van der Waals surface area contributed by atoms with E-state index in [-0.39, 0.29) is 0 Å². The van der Waals surface area contributed by atoms with Gasteiger partial charge in [-0.25, -0.2) is 0 Å². The summed E-state index contributed by atoms with van der Waals surface area (Å²) in [6, 6.07) is 3.87. The molecule has 0 spiro atoms. The van der Waals surface area contributed by atoms with E-state index in [1.165, 1.54) is 0 Å². The fourth-order valence-corrected chi connectivity index (χ4v) is 0.543. The van der Waals surface area contributed by atoms with Gasteiger partial charge < -0.3 is 4.98 Å². The molecule has 1 heterocycles. The molecule has 1 N–H and O–H groups in total. The van der Waals surface area contributed by atoms with Crippen molar-refractivity contribution in [1.29, 1.82) is 0 Å². The predicted octanol–water partition coefficient (Wildman–Crippen LogP) is 1.39. The Hall–Kier alpha value is -1.16. The van der Waals surface area contributed by atoms with Crippen LogP contribution in [0.2, 0.25) is 0 Å². The Bertz CT molecular complexity index is 198. The van der Waals surface area contributed by atoms with Crippen LogP contribution in [0, 0.1) is 11.8 Å². The fraction of sp³-hybridized carbons (Fsp3) is 0.143. The normalized spacial score (nSPS) is 7.62. The number of rotatable bonds is 0. The van der Waals surface area contributed by atoms with Crippen molar-refractivity contribution in [2.24, 2.45) is 0 Å². The third kappa shape index (κ3) is 0.913. The van der Waals surface area contributed by atoms with Crippen LogP contribution in [0.3, 0.4) is 0 Å². The number of aromatic amines is 1. The zero-order valence-corrected chi connectivity index (χ0v) is 4.73. The van der Waals surface area contributed by atoms with E-state index in [9.17, 15) is 0 Å². The molecule has 0 aliphatic carbocycles. The lowest BCUT2D eigenvalue weighted by Gasteiger charge is -1.72. The van der Waals surface area contributed by atoms with Gasteiger partial charge in [0.1, 0.15) is 0 Å². The van der Waals surface area contributed by atoms with Gasteiger partial charge in [-0.3, -0.25) is 0 Å². The minimum absolute atomic E-state index is 0.979. The minimum Gasteiger partial charge on any atom is -0.355 e. The van der Waals surface area contributed by atoms with Crippen LogP contribution < -0.4 is 0 Å². The van der Waals surface area contributed by atoms with Crippen LogP contribution in [0.5, 0.6) is 0 Å². The van der Waals surface area contributed by atoms with E-state index in [1.54, 1.807) is 0 Å². The highest BCUT2D eigenvalue weighted by Crippen LogP contribution is 1.88. The van der Waals surface area contributed by atoms with E-state index in [2.05, 4.69) is 16.8 Å². The average Bonchev–Trinajstić information content (AvgIpc) is 2.19. The van der Waals surface area contributed by atoms with Crippen molar-refractivity contribution >= 4 is 0 Å². The molecular formula is C7H7N. The quantitative estimate of drug-likeness (QED) is 0.480. The van der Waals surface area contributed by atoms with E-state index >= 15 is 0 Å². The zero-order chi connectivity index (χ0) is 5.82. The lowest BCUT2D eigenvalue weighted by atomic mass is 10.4. The Balaban J connectivity index is 2.88. The SMILES string of the molecule is CC#Cc1ccc[nH]1. The smallest absolute Gasteiger partial charge is 0.0893 e. The first-order valence-electron chi connectivity index (χ1n) is 2.49. The predicted molar refractivity (Wildman–Crippen MR) is 33.3 cm³/mol. The molecule has 0 amide bonds.